The third-order valence-corrected chi connectivity index (χ3v) is 1.67. The van der Waals surface area contributed by atoms with Crippen LogP contribution in [0.5, 0.6) is 0 Å². The highest BCUT2D eigenvalue weighted by molar-refractivity contribution is 5.88. The molecule has 3 N–H and O–H groups in total. The van der Waals surface area contributed by atoms with Crippen molar-refractivity contribution >= 4 is 24.4 Å². The summed E-state index contributed by atoms with van der Waals surface area (Å²) in [6.07, 6.45) is -0.250. The zero-order valence-corrected chi connectivity index (χ0v) is 8.54. The maximum Gasteiger partial charge on any atom is 0.325 e. The molecule has 90 valence electrons. The number of carbonyl (C=O) groups is 4. The number of aliphatic carboxylic acids is 2. The summed E-state index contributed by atoms with van der Waals surface area (Å²) >= 11 is 0. The molecule has 0 saturated carbocycles. The van der Waals surface area contributed by atoms with E-state index in [2.05, 4.69) is 0 Å². The third kappa shape index (κ3) is 4.94. The number of hydrogen-bond acceptors (Lipinski definition) is 4. The Morgan fingerprint density at radius 2 is 1.94 bits per heavy atom. The highest BCUT2D eigenvalue weighted by Gasteiger charge is 2.19. The molecule has 0 fully saturated rings. The largest absolute Gasteiger partial charge is 0.481 e. The molecule has 0 bridgehead atoms. The van der Waals surface area contributed by atoms with E-state index in [4.69, 9.17) is 10.2 Å². The molecule has 0 aromatic carbocycles. The first-order valence-corrected chi connectivity index (χ1v) is 4.35. The number of urea groups is 1. The molecular formula is C8H12N2O6. The van der Waals surface area contributed by atoms with Crippen LogP contribution in [0.1, 0.15) is 13.3 Å². The fraction of sp³-hybridized carbons (Fsp3) is 0.500. The van der Waals surface area contributed by atoms with E-state index in [-0.39, 0.29) is 13.0 Å². The van der Waals surface area contributed by atoms with Gasteiger partial charge in [0.25, 0.3) is 0 Å². The van der Waals surface area contributed by atoms with Gasteiger partial charge in [-0.15, -0.1) is 0 Å². The van der Waals surface area contributed by atoms with E-state index in [1.807, 2.05) is 5.32 Å². The highest BCUT2D eigenvalue weighted by Crippen LogP contribution is 1.92. The minimum atomic E-state index is -1.25. The van der Waals surface area contributed by atoms with E-state index in [9.17, 15) is 19.2 Å². The summed E-state index contributed by atoms with van der Waals surface area (Å²) in [5, 5.41) is 18.8. The van der Waals surface area contributed by atoms with Crippen LogP contribution in [0.2, 0.25) is 0 Å². The van der Waals surface area contributed by atoms with E-state index < -0.39 is 30.4 Å². The number of carboxylic acids is 2. The number of hydrogen-bond donors (Lipinski definition) is 3. The van der Waals surface area contributed by atoms with Gasteiger partial charge in [-0.05, 0) is 6.92 Å². The maximum atomic E-state index is 11.2. The van der Waals surface area contributed by atoms with Crippen molar-refractivity contribution in [1.82, 2.24) is 10.2 Å². The Morgan fingerprint density at radius 3 is 2.31 bits per heavy atom. The summed E-state index contributed by atoms with van der Waals surface area (Å²) < 4.78 is 0. The van der Waals surface area contributed by atoms with E-state index >= 15 is 0 Å². The van der Waals surface area contributed by atoms with Crippen LogP contribution in [0.4, 0.5) is 4.79 Å². The predicted molar refractivity (Wildman–Crippen MR) is 50.7 cm³/mol. The molecule has 0 aromatic rings. The minimum absolute atomic E-state index is 0.146. The Bertz CT molecular complexity index is 303. The number of carboxylic acid groups (broad SMARTS) is 2. The first-order valence-electron chi connectivity index (χ1n) is 4.35. The highest BCUT2D eigenvalue weighted by atomic mass is 16.4. The van der Waals surface area contributed by atoms with Crippen LogP contribution in [-0.4, -0.2) is 52.1 Å². The molecular weight excluding hydrogens is 220 g/mol. The van der Waals surface area contributed by atoms with Gasteiger partial charge in [0.05, 0.1) is 6.42 Å². The molecule has 16 heavy (non-hydrogen) atoms. The fourth-order valence-corrected chi connectivity index (χ4v) is 0.748. The van der Waals surface area contributed by atoms with Crippen molar-refractivity contribution in [2.45, 2.75) is 19.4 Å². The van der Waals surface area contributed by atoms with Crippen LogP contribution in [0, 0.1) is 0 Å². The van der Waals surface area contributed by atoms with Gasteiger partial charge in [-0.25, -0.2) is 4.79 Å². The van der Waals surface area contributed by atoms with Crippen molar-refractivity contribution in [2.75, 3.05) is 6.54 Å². The summed E-state index contributed by atoms with van der Waals surface area (Å²) in [6, 6.07) is -2.09. The fourth-order valence-electron chi connectivity index (χ4n) is 0.748. The quantitative estimate of drug-likeness (QED) is 0.510. The van der Waals surface area contributed by atoms with Crippen molar-refractivity contribution in [3.8, 4) is 0 Å². The molecule has 8 heteroatoms. The number of rotatable bonds is 6. The Kier molecular flexibility index (Phi) is 5.53. The molecule has 1 atom stereocenters. The lowest BCUT2D eigenvalue weighted by Gasteiger charge is -2.17. The number of imide groups is 1. The zero-order chi connectivity index (χ0) is 12.7. The maximum absolute atomic E-state index is 11.2. The van der Waals surface area contributed by atoms with E-state index in [0.29, 0.717) is 4.90 Å². The summed E-state index contributed by atoms with van der Waals surface area (Å²) in [4.78, 5) is 42.8. The molecule has 0 rings (SSSR count). The van der Waals surface area contributed by atoms with Crippen LogP contribution in [-0.2, 0) is 14.4 Å². The third-order valence-electron chi connectivity index (χ3n) is 1.67. The summed E-state index contributed by atoms with van der Waals surface area (Å²) in [7, 11) is 0. The van der Waals surface area contributed by atoms with Gasteiger partial charge in [0.15, 0.2) is 0 Å². The van der Waals surface area contributed by atoms with Gasteiger partial charge >= 0.3 is 18.0 Å². The second kappa shape index (κ2) is 6.38. The summed E-state index contributed by atoms with van der Waals surface area (Å²) in [6.45, 7) is 0.914. The van der Waals surface area contributed by atoms with Crippen molar-refractivity contribution in [3.05, 3.63) is 0 Å². The van der Waals surface area contributed by atoms with E-state index in [0.717, 1.165) is 0 Å². The second-order valence-electron chi connectivity index (χ2n) is 2.95. The number of amides is 3. The van der Waals surface area contributed by atoms with Gasteiger partial charge in [0.2, 0.25) is 6.41 Å². The second-order valence-corrected chi connectivity index (χ2v) is 2.95. The average Bonchev–Trinajstić information content (AvgIpc) is 2.17. The van der Waals surface area contributed by atoms with Crippen molar-refractivity contribution in [2.24, 2.45) is 0 Å². The molecule has 0 aromatic heterocycles. The molecule has 8 nitrogen and oxygen atoms in total. The van der Waals surface area contributed by atoms with Gasteiger partial charge in [-0.3, -0.25) is 19.3 Å². The molecule has 0 aliphatic rings. The smallest absolute Gasteiger partial charge is 0.325 e. The van der Waals surface area contributed by atoms with Crippen molar-refractivity contribution in [1.29, 1.82) is 0 Å². The summed E-state index contributed by atoms with van der Waals surface area (Å²) in [5.41, 5.74) is 0. The summed E-state index contributed by atoms with van der Waals surface area (Å²) in [5.74, 6) is -2.41. The van der Waals surface area contributed by atoms with E-state index in [1.165, 1.54) is 6.92 Å². The van der Waals surface area contributed by atoms with Crippen molar-refractivity contribution < 1.29 is 29.4 Å². The normalized spacial score (nSPS) is 11.3. The zero-order valence-electron chi connectivity index (χ0n) is 8.54. The van der Waals surface area contributed by atoms with Crippen LogP contribution >= 0.6 is 0 Å². The Labute approximate surface area is 90.8 Å². The predicted octanol–water partition coefficient (Wildman–Crippen LogP) is -0.898. The Balaban J connectivity index is 4.25. The lowest BCUT2D eigenvalue weighted by molar-refractivity contribution is -0.139. The monoisotopic (exact) mass is 232 g/mol. The standard InChI is InChI=1S/C8H12N2O6/c1-5(7(14)15)9-8(16)10(4-11)3-2-6(12)13/h4-5H,2-3H2,1H3,(H,9,16)(H,12,13)(H,14,15). The van der Waals surface area contributed by atoms with Crippen LogP contribution in [0.15, 0.2) is 0 Å². The topological polar surface area (TPSA) is 124 Å². The van der Waals surface area contributed by atoms with Gasteiger partial charge in [-0.2, -0.15) is 0 Å². The molecule has 0 aliphatic carbocycles. The van der Waals surface area contributed by atoms with Crippen molar-refractivity contribution in [3.63, 3.8) is 0 Å². The lowest BCUT2D eigenvalue weighted by atomic mass is 10.3. The van der Waals surface area contributed by atoms with Gasteiger partial charge in [-0.1, -0.05) is 0 Å². The van der Waals surface area contributed by atoms with E-state index in [1.54, 1.807) is 0 Å². The molecule has 0 aliphatic heterocycles. The average molecular weight is 232 g/mol. The number of carbonyl (C=O) groups excluding carboxylic acids is 2. The minimum Gasteiger partial charge on any atom is -0.481 e. The van der Waals surface area contributed by atoms with Crippen LogP contribution < -0.4 is 5.32 Å². The molecule has 3 amide bonds. The Morgan fingerprint density at radius 1 is 1.38 bits per heavy atom. The number of nitrogens with one attached hydrogen (secondary N) is 1. The first-order chi connectivity index (χ1) is 7.38. The number of nitrogens with zero attached hydrogens (tertiary/aromatic N) is 1. The van der Waals surface area contributed by atoms with Crippen LogP contribution in [0.3, 0.4) is 0 Å². The van der Waals surface area contributed by atoms with Gasteiger partial charge in [0.1, 0.15) is 6.04 Å². The lowest BCUT2D eigenvalue weighted by Crippen LogP contribution is -2.46. The molecule has 0 saturated heterocycles. The molecule has 0 spiro atoms. The molecule has 1 unspecified atom stereocenters. The van der Waals surface area contributed by atoms with Gasteiger partial charge < -0.3 is 15.5 Å². The SMILES string of the molecule is CC(NC(=O)N(C=O)CCC(=O)O)C(=O)O. The van der Waals surface area contributed by atoms with Crippen LogP contribution in [0.25, 0.3) is 0 Å². The van der Waals surface area contributed by atoms with Gasteiger partial charge in [0, 0.05) is 6.54 Å². The molecule has 0 heterocycles. The Hall–Kier alpha value is -2.12. The first kappa shape index (κ1) is 13.9. The molecule has 0 radical (unpaired) electrons.